The maximum Gasteiger partial charge on any atom is 0.283 e. The number of hydrogen-bond donors (Lipinski definition) is 1. The number of hydrogen-bond acceptors (Lipinski definition) is 5. The van der Waals surface area contributed by atoms with Crippen LogP contribution in [0.15, 0.2) is 51.9 Å². The van der Waals surface area contributed by atoms with Gasteiger partial charge in [-0.1, -0.05) is 31.1 Å². The van der Waals surface area contributed by atoms with Crippen LogP contribution in [0.5, 0.6) is 11.5 Å². The van der Waals surface area contributed by atoms with Crippen molar-refractivity contribution in [3.8, 4) is 11.5 Å². The zero-order valence-corrected chi connectivity index (χ0v) is 17.8. The van der Waals surface area contributed by atoms with Crippen LogP contribution < -0.4 is 14.8 Å². The number of carbonyl (C=O) groups is 2. The molecular formula is C23H24N2O4S. The van der Waals surface area contributed by atoms with E-state index in [-0.39, 0.29) is 23.1 Å². The molecular weight excluding hydrogens is 400 g/mol. The highest BCUT2D eigenvalue weighted by Gasteiger charge is 2.29. The highest BCUT2D eigenvalue weighted by atomic mass is 32.2. The third kappa shape index (κ3) is 4.36. The predicted molar refractivity (Wildman–Crippen MR) is 119 cm³/mol. The second-order valence-corrected chi connectivity index (χ2v) is 8.60. The molecule has 1 atom stereocenters. The Morgan fingerprint density at radius 3 is 2.70 bits per heavy atom. The molecule has 2 aliphatic carbocycles. The van der Waals surface area contributed by atoms with Crippen molar-refractivity contribution in [3.63, 3.8) is 0 Å². The lowest BCUT2D eigenvalue weighted by Gasteiger charge is -2.23. The van der Waals surface area contributed by atoms with Crippen molar-refractivity contribution in [1.29, 1.82) is 0 Å². The fourth-order valence-electron chi connectivity index (χ4n) is 3.80. The van der Waals surface area contributed by atoms with Gasteiger partial charge in [0.2, 0.25) is 0 Å². The molecule has 0 aromatic heterocycles. The first-order chi connectivity index (χ1) is 14.6. The molecule has 4 rings (SSSR count). The molecule has 7 heteroatoms. The maximum absolute atomic E-state index is 12.6. The summed E-state index contributed by atoms with van der Waals surface area (Å²) in [4.78, 5) is 29.9. The first kappa shape index (κ1) is 20.5. The van der Waals surface area contributed by atoms with E-state index in [1.54, 1.807) is 32.4 Å². The van der Waals surface area contributed by atoms with E-state index in [1.807, 2.05) is 24.3 Å². The van der Waals surface area contributed by atoms with E-state index < -0.39 is 0 Å². The van der Waals surface area contributed by atoms with Crippen LogP contribution in [0.2, 0.25) is 0 Å². The molecule has 1 fully saturated rings. The highest BCUT2D eigenvalue weighted by Crippen LogP contribution is 2.35. The molecule has 1 saturated carbocycles. The number of rotatable bonds is 5. The Morgan fingerprint density at radius 2 is 1.97 bits per heavy atom. The number of nitrogens with one attached hydrogen (secondary N) is 1. The first-order valence-electron chi connectivity index (χ1n) is 10.0. The molecule has 156 valence electrons. The van der Waals surface area contributed by atoms with Gasteiger partial charge in [-0.05, 0) is 42.7 Å². The lowest BCUT2D eigenvalue weighted by Crippen LogP contribution is -2.35. The van der Waals surface area contributed by atoms with E-state index in [1.165, 1.54) is 11.8 Å². The van der Waals surface area contributed by atoms with Crippen molar-refractivity contribution in [3.05, 3.63) is 52.5 Å². The van der Waals surface area contributed by atoms with Gasteiger partial charge in [0.25, 0.3) is 11.8 Å². The van der Waals surface area contributed by atoms with Crippen molar-refractivity contribution in [2.45, 2.75) is 37.0 Å². The molecule has 0 bridgehead atoms. The molecule has 1 aromatic carbocycles. The quantitative estimate of drug-likeness (QED) is 0.730. The summed E-state index contributed by atoms with van der Waals surface area (Å²) in [6, 6.07) is 5.74. The zero-order valence-electron chi connectivity index (χ0n) is 17.0. The van der Waals surface area contributed by atoms with Crippen LogP contribution in [0.1, 0.15) is 31.2 Å². The molecule has 1 heterocycles. The van der Waals surface area contributed by atoms with Crippen molar-refractivity contribution >= 4 is 35.4 Å². The molecule has 0 radical (unpaired) electrons. The Kier molecular flexibility index (Phi) is 6.08. The molecule has 0 saturated heterocycles. The van der Waals surface area contributed by atoms with Gasteiger partial charge in [0, 0.05) is 11.6 Å². The number of ether oxygens (including phenoxy) is 2. The smallest absolute Gasteiger partial charge is 0.283 e. The second-order valence-electron chi connectivity index (χ2n) is 7.42. The minimum absolute atomic E-state index is 0.0860. The van der Waals surface area contributed by atoms with E-state index in [0.717, 1.165) is 31.2 Å². The summed E-state index contributed by atoms with van der Waals surface area (Å²) in [6.07, 6.45) is 11.7. The number of thioether (sulfide) groups is 1. The predicted octanol–water partition coefficient (Wildman–Crippen LogP) is 3.68. The Morgan fingerprint density at radius 1 is 1.20 bits per heavy atom. The standard InChI is InChI=1S/C23H24N2O4S/c1-28-18-9-7-14(11-19(18)29-2)12-21-23(27)25-17-13-15(8-10-20(17)30-21)22(26)24-16-5-3-4-6-16/h7-13,16,20H,3-6H2,1-2H3,(H,24,26)/b21-12+. The largest absolute Gasteiger partial charge is 0.493 e. The lowest BCUT2D eigenvalue weighted by molar-refractivity contribution is -0.118. The molecule has 1 N–H and O–H groups in total. The number of aliphatic imine (C=N–C) groups is 1. The molecule has 30 heavy (non-hydrogen) atoms. The van der Waals surface area contributed by atoms with Crippen LogP contribution in [-0.2, 0) is 9.59 Å². The SMILES string of the molecule is COc1ccc(/C=C2/SC3C=CC(C(=O)NC4CCCC4)=CC3=NC2=O)cc1OC. The molecule has 6 nitrogen and oxygen atoms in total. The Labute approximate surface area is 180 Å². The summed E-state index contributed by atoms with van der Waals surface area (Å²) in [6.45, 7) is 0. The van der Waals surface area contributed by atoms with E-state index >= 15 is 0 Å². The third-order valence-electron chi connectivity index (χ3n) is 5.40. The number of fused-ring (bicyclic) bond motifs is 1. The minimum Gasteiger partial charge on any atom is -0.493 e. The maximum atomic E-state index is 12.6. The van der Waals surface area contributed by atoms with Gasteiger partial charge in [-0.15, -0.1) is 11.8 Å². The van der Waals surface area contributed by atoms with Crippen LogP contribution in [0.4, 0.5) is 0 Å². The van der Waals surface area contributed by atoms with Crippen LogP contribution in [0.3, 0.4) is 0 Å². The van der Waals surface area contributed by atoms with Gasteiger partial charge in [0.1, 0.15) is 0 Å². The molecule has 1 unspecified atom stereocenters. The van der Waals surface area contributed by atoms with Gasteiger partial charge in [-0.3, -0.25) is 9.59 Å². The fraction of sp³-hybridized carbons (Fsp3) is 0.348. The monoisotopic (exact) mass is 424 g/mol. The van der Waals surface area contributed by atoms with Gasteiger partial charge in [-0.2, -0.15) is 0 Å². The average molecular weight is 425 g/mol. The third-order valence-corrected chi connectivity index (χ3v) is 6.60. The number of methoxy groups -OCH3 is 2. The first-order valence-corrected chi connectivity index (χ1v) is 10.9. The van der Waals surface area contributed by atoms with Crippen LogP contribution >= 0.6 is 11.8 Å². The van der Waals surface area contributed by atoms with Gasteiger partial charge in [-0.25, -0.2) is 4.99 Å². The van der Waals surface area contributed by atoms with Crippen LogP contribution in [-0.4, -0.2) is 43.0 Å². The zero-order chi connectivity index (χ0) is 21.1. The Bertz CT molecular complexity index is 987. The summed E-state index contributed by atoms with van der Waals surface area (Å²) < 4.78 is 10.6. The van der Waals surface area contributed by atoms with Crippen molar-refractivity contribution in [2.75, 3.05) is 14.2 Å². The molecule has 3 aliphatic rings. The van der Waals surface area contributed by atoms with Crippen LogP contribution in [0, 0.1) is 0 Å². The van der Waals surface area contributed by atoms with E-state index in [9.17, 15) is 9.59 Å². The molecule has 2 amide bonds. The highest BCUT2D eigenvalue weighted by molar-refractivity contribution is 8.05. The number of nitrogens with zero attached hydrogens (tertiary/aromatic N) is 1. The Hall–Kier alpha value is -2.80. The summed E-state index contributed by atoms with van der Waals surface area (Å²) in [5.74, 6) is 0.834. The van der Waals surface area contributed by atoms with Gasteiger partial charge >= 0.3 is 0 Å². The van der Waals surface area contributed by atoms with Crippen molar-refractivity contribution in [2.24, 2.45) is 4.99 Å². The van der Waals surface area contributed by atoms with Crippen molar-refractivity contribution in [1.82, 2.24) is 5.32 Å². The summed E-state index contributed by atoms with van der Waals surface area (Å²) in [7, 11) is 3.16. The number of benzene rings is 1. The number of amides is 2. The normalized spacial score (nSPS) is 22.4. The summed E-state index contributed by atoms with van der Waals surface area (Å²) >= 11 is 1.43. The summed E-state index contributed by atoms with van der Waals surface area (Å²) in [5.41, 5.74) is 2.00. The fourth-order valence-corrected chi connectivity index (χ4v) is 4.83. The van der Waals surface area contributed by atoms with Crippen LogP contribution in [0.25, 0.3) is 6.08 Å². The average Bonchev–Trinajstić information content (AvgIpc) is 3.26. The minimum atomic E-state index is -0.303. The summed E-state index contributed by atoms with van der Waals surface area (Å²) in [5, 5.41) is 2.99. The number of carbonyl (C=O) groups excluding carboxylic acids is 2. The second kappa shape index (κ2) is 8.92. The number of allylic oxidation sites excluding steroid dienone is 1. The van der Waals surface area contributed by atoms with E-state index in [4.69, 9.17) is 9.47 Å². The molecule has 1 aromatic rings. The van der Waals surface area contributed by atoms with Gasteiger partial charge in [0.05, 0.1) is 30.1 Å². The van der Waals surface area contributed by atoms with Gasteiger partial charge < -0.3 is 14.8 Å². The van der Waals surface area contributed by atoms with Crippen molar-refractivity contribution < 1.29 is 19.1 Å². The topological polar surface area (TPSA) is 77.0 Å². The molecule has 1 aliphatic heterocycles. The van der Waals surface area contributed by atoms with E-state index in [0.29, 0.717) is 27.7 Å². The lowest BCUT2D eigenvalue weighted by atomic mass is 10.0. The molecule has 0 spiro atoms. The Balaban J connectivity index is 1.52. The van der Waals surface area contributed by atoms with E-state index in [2.05, 4.69) is 10.3 Å². The van der Waals surface area contributed by atoms with Gasteiger partial charge in [0.15, 0.2) is 11.5 Å².